The third kappa shape index (κ3) is 2.89. The molecule has 1 aromatic carbocycles. The maximum absolute atomic E-state index is 13.4. The third-order valence-electron chi connectivity index (χ3n) is 6.33. The van der Waals surface area contributed by atoms with Crippen LogP contribution in [-0.2, 0) is 0 Å². The SMILES string of the molecule is CN(C(=O)c1cc(C2CC2)nc2ccc(Cl)cc12)C1CC2CCC(C1)N2. The number of halogens is 1. The molecule has 1 N–H and O–H groups in total. The van der Waals surface area contributed by atoms with Crippen LogP contribution in [0.4, 0.5) is 0 Å². The van der Waals surface area contributed by atoms with Gasteiger partial charge in [-0.05, 0) is 62.8 Å². The van der Waals surface area contributed by atoms with Gasteiger partial charge in [-0.3, -0.25) is 9.78 Å². The third-order valence-corrected chi connectivity index (χ3v) is 6.57. The number of hydrogen-bond donors (Lipinski definition) is 1. The van der Waals surface area contributed by atoms with E-state index in [2.05, 4.69) is 5.32 Å². The highest BCUT2D eigenvalue weighted by Crippen LogP contribution is 2.40. The minimum absolute atomic E-state index is 0.105. The average molecular weight is 370 g/mol. The fraction of sp³-hybridized carbons (Fsp3) is 0.524. The number of rotatable bonds is 3. The summed E-state index contributed by atoms with van der Waals surface area (Å²) in [7, 11) is 1.96. The first-order chi connectivity index (χ1) is 12.6. The zero-order valence-corrected chi connectivity index (χ0v) is 15.8. The van der Waals surface area contributed by atoms with Gasteiger partial charge in [-0.25, -0.2) is 0 Å². The number of aromatic nitrogens is 1. The largest absolute Gasteiger partial charge is 0.339 e. The molecule has 2 unspecified atom stereocenters. The lowest BCUT2D eigenvalue weighted by atomic mass is 9.97. The molecule has 1 amide bonds. The molecule has 2 atom stereocenters. The molecule has 2 aromatic rings. The van der Waals surface area contributed by atoms with Crippen LogP contribution in [0.1, 0.15) is 60.5 Å². The Labute approximate surface area is 158 Å². The Morgan fingerprint density at radius 1 is 1.15 bits per heavy atom. The Bertz CT molecular complexity index is 867. The minimum atomic E-state index is 0.105. The second kappa shape index (κ2) is 6.21. The van der Waals surface area contributed by atoms with Crippen molar-refractivity contribution in [1.82, 2.24) is 15.2 Å². The van der Waals surface area contributed by atoms with Crippen molar-refractivity contribution < 1.29 is 4.79 Å². The van der Waals surface area contributed by atoms with Crippen LogP contribution in [0, 0.1) is 0 Å². The molecule has 1 saturated carbocycles. The summed E-state index contributed by atoms with van der Waals surface area (Å²) in [5, 5.41) is 5.18. The summed E-state index contributed by atoms with van der Waals surface area (Å²) in [6, 6.07) is 9.15. The number of piperidine rings is 1. The van der Waals surface area contributed by atoms with Gasteiger partial charge in [0.15, 0.2) is 0 Å². The molecule has 1 aromatic heterocycles. The molecular formula is C21H24ClN3O. The Morgan fingerprint density at radius 3 is 2.58 bits per heavy atom. The molecule has 5 rings (SSSR count). The highest BCUT2D eigenvalue weighted by Gasteiger charge is 2.37. The Balaban J connectivity index is 1.52. The number of nitrogens with zero attached hydrogens (tertiary/aromatic N) is 2. The minimum Gasteiger partial charge on any atom is -0.339 e. The van der Waals surface area contributed by atoms with E-state index in [0.717, 1.165) is 35.0 Å². The van der Waals surface area contributed by atoms with E-state index in [-0.39, 0.29) is 5.91 Å². The van der Waals surface area contributed by atoms with Gasteiger partial charge in [0.05, 0.1) is 11.1 Å². The van der Waals surface area contributed by atoms with E-state index in [9.17, 15) is 4.79 Å². The van der Waals surface area contributed by atoms with Gasteiger partial charge in [0.25, 0.3) is 5.91 Å². The van der Waals surface area contributed by atoms with Crippen molar-refractivity contribution in [3.8, 4) is 0 Å². The Hall–Kier alpha value is -1.65. The highest BCUT2D eigenvalue weighted by atomic mass is 35.5. The summed E-state index contributed by atoms with van der Waals surface area (Å²) in [4.78, 5) is 20.2. The molecule has 26 heavy (non-hydrogen) atoms. The van der Waals surface area contributed by atoms with Crippen LogP contribution >= 0.6 is 11.6 Å². The molecular weight excluding hydrogens is 346 g/mol. The summed E-state index contributed by atoms with van der Waals surface area (Å²) in [6.07, 6.45) is 6.93. The fourth-order valence-corrected chi connectivity index (χ4v) is 4.86. The van der Waals surface area contributed by atoms with Crippen LogP contribution < -0.4 is 5.32 Å². The van der Waals surface area contributed by atoms with Gasteiger partial charge in [0.2, 0.25) is 0 Å². The number of hydrogen-bond acceptors (Lipinski definition) is 3. The number of carbonyl (C=O) groups excluding carboxylic acids is 1. The zero-order valence-electron chi connectivity index (χ0n) is 15.0. The van der Waals surface area contributed by atoms with Crippen molar-refractivity contribution in [3.63, 3.8) is 0 Å². The van der Waals surface area contributed by atoms with Crippen LogP contribution in [0.3, 0.4) is 0 Å². The second-order valence-electron chi connectivity index (χ2n) is 8.21. The lowest BCUT2D eigenvalue weighted by Crippen LogP contribution is -2.48. The molecule has 3 fully saturated rings. The summed E-state index contributed by atoms with van der Waals surface area (Å²) < 4.78 is 0. The van der Waals surface area contributed by atoms with E-state index < -0.39 is 0 Å². The second-order valence-corrected chi connectivity index (χ2v) is 8.65. The lowest BCUT2D eigenvalue weighted by Gasteiger charge is -2.35. The van der Waals surface area contributed by atoms with Gasteiger partial charge >= 0.3 is 0 Å². The molecule has 5 heteroatoms. The van der Waals surface area contributed by atoms with Gasteiger partial charge in [-0.2, -0.15) is 0 Å². The van der Waals surface area contributed by atoms with E-state index in [1.165, 1.54) is 25.7 Å². The first-order valence-electron chi connectivity index (χ1n) is 9.72. The van der Waals surface area contributed by atoms with Gasteiger partial charge in [-0.1, -0.05) is 11.6 Å². The molecule has 2 saturated heterocycles. The monoisotopic (exact) mass is 369 g/mol. The summed E-state index contributed by atoms with van der Waals surface area (Å²) in [5.41, 5.74) is 2.69. The van der Waals surface area contributed by atoms with E-state index in [1.54, 1.807) is 0 Å². The van der Waals surface area contributed by atoms with Gasteiger partial charge in [0, 0.05) is 47.2 Å². The number of benzene rings is 1. The quantitative estimate of drug-likeness (QED) is 0.885. The standard InChI is InChI=1S/C21H24ClN3O/c1-25(16-9-14-5-6-15(10-16)23-14)21(26)18-11-20(12-2-3-12)24-19-7-4-13(22)8-17(18)19/h4,7-8,11-12,14-16,23H,2-3,5-6,9-10H2,1H3. The number of nitrogens with one attached hydrogen (secondary N) is 1. The van der Waals surface area contributed by atoms with E-state index in [0.29, 0.717) is 29.1 Å². The molecule has 1 aliphatic carbocycles. The maximum Gasteiger partial charge on any atom is 0.254 e. The molecule has 2 aliphatic heterocycles. The van der Waals surface area contributed by atoms with Crippen LogP contribution in [0.2, 0.25) is 5.02 Å². The van der Waals surface area contributed by atoms with Crippen molar-refractivity contribution in [2.75, 3.05) is 7.05 Å². The van der Waals surface area contributed by atoms with E-state index in [1.807, 2.05) is 36.2 Å². The maximum atomic E-state index is 13.4. The van der Waals surface area contributed by atoms with Crippen LogP contribution in [0.15, 0.2) is 24.3 Å². The van der Waals surface area contributed by atoms with Crippen molar-refractivity contribution >= 4 is 28.4 Å². The van der Waals surface area contributed by atoms with Crippen LogP contribution in [0.25, 0.3) is 10.9 Å². The lowest BCUT2D eigenvalue weighted by molar-refractivity contribution is 0.0683. The van der Waals surface area contributed by atoms with Crippen molar-refractivity contribution in [3.05, 3.63) is 40.5 Å². The molecule has 4 nitrogen and oxygen atoms in total. The molecule has 136 valence electrons. The number of fused-ring (bicyclic) bond motifs is 3. The van der Waals surface area contributed by atoms with Crippen molar-refractivity contribution in [2.45, 2.75) is 62.6 Å². The fourth-order valence-electron chi connectivity index (χ4n) is 4.68. The first-order valence-corrected chi connectivity index (χ1v) is 10.1. The number of amides is 1. The summed E-state index contributed by atoms with van der Waals surface area (Å²) in [5.74, 6) is 0.620. The van der Waals surface area contributed by atoms with Gasteiger partial charge < -0.3 is 10.2 Å². The number of pyridine rings is 1. The Kier molecular flexibility index (Phi) is 3.94. The number of carbonyl (C=O) groups is 1. The predicted molar refractivity (Wildman–Crippen MR) is 104 cm³/mol. The molecule has 0 radical (unpaired) electrons. The molecule has 2 bridgehead atoms. The highest BCUT2D eigenvalue weighted by molar-refractivity contribution is 6.31. The Morgan fingerprint density at radius 2 is 1.88 bits per heavy atom. The van der Waals surface area contributed by atoms with Crippen molar-refractivity contribution in [1.29, 1.82) is 0 Å². The molecule has 0 spiro atoms. The predicted octanol–water partition coefficient (Wildman–Crippen LogP) is 4.12. The average Bonchev–Trinajstić information content (AvgIpc) is 3.44. The van der Waals surface area contributed by atoms with Crippen LogP contribution in [0.5, 0.6) is 0 Å². The van der Waals surface area contributed by atoms with E-state index in [4.69, 9.17) is 16.6 Å². The smallest absolute Gasteiger partial charge is 0.254 e. The topological polar surface area (TPSA) is 45.2 Å². The van der Waals surface area contributed by atoms with Crippen LogP contribution in [-0.4, -0.2) is 41.0 Å². The van der Waals surface area contributed by atoms with Gasteiger partial charge in [0.1, 0.15) is 0 Å². The molecule has 3 aliphatic rings. The van der Waals surface area contributed by atoms with E-state index >= 15 is 0 Å². The zero-order chi connectivity index (χ0) is 17.8. The van der Waals surface area contributed by atoms with Crippen molar-refractivity contribution in [2.24, 2.45) is 0 Å². The van der Waals surface area contributed by atoms with Gasteiger partial charge in [-0.15, -0.1) is 0 Å². The summed E-state index contributed by atoms with van der Waals surface area (Å²) >= 11 is 6.22. The first kappa shape index (κ1) is 16.5. The molecule has 3 heterocycles. The summed E-state index contributed by atoms with van der Waals surface area (Å²) in [6.45, 7) is 0. The normalized spacial score (nSPS) is 27.7.